The van der Waals surface area contributed by atoms with E-state index in [0.717, 1.165) is 32.1 Å². The molecular weight excluding hydrogens is 258 g/mol. The molecule has 1 aliphatic carbocycles. The maximum absolute atomic E-state index is 6.06. The van der Waals surface area contributed by atoms with E-state index < -0.39 is 0 Å². The highest BCUT2D eigenvalue weighted by Gasteiger charge is 2.17. The van der Waals surface area contributed by atoms with Gasteiger partial charge in [0.2, 0.25) is 0 Å². The smallest absolute Gasteiger partial charge is 0.0661 e. The molecule has 0 aromatic heterocycles. The number of hydrogen-bond acceptors (Lipinski definition) is 2. The van der Waals surface area contributed by atoms with Crippen molar-refractivity contribution in [2.45, 2.75) is 58.9 Å². The lowest BCUT2D eigenvalue weighted by atomic mass is 9.99. The Bertz CT molecular complexity index is 424. The molecule has 1 aromatic rings. The Hall–Kier alpha value is -0.860. The van der Waals surface area contributed by atoms with Crippen molar-refractivity contribution in [2.24, 2.45) is 5.92 Å². The van der Waals surface area contributed by atoms with Crippen molar-refractivity contribution in [1.82, 2.24) is 5.32 Å². The summed E-state index contributed by atoms with van der Waals surface area (Å²) in [5.74, 6) is 0.801. The third kappa shape index (κ3) is 5.12. The zero-order valence-corrected chi connectivity index (χ0v) is 14.0. The number of benzene rings is 1. The second-order valence-corrected chi connectivity index (χ2v) is 6.55. The molecule has 1 N–H and O–H groups in total. The van der Waals surface area contributed by atoms with Gasteiger partial charge in [0.1, 0.15) is 0 Å². The highest BCUT2D eigenvalue weighted by atomic mass is 16.5. The van der Waals surface area contributed by atoms with Gasteiger partial charge >= 0.3 is 0 Å². The van der Waals surface area contributed by atoms with Crippen LogP contribution in [0.4, 0.5) is 0 Å². The van der Waals surface area contributed by atoms with Crippen molar-refractivity contribution in [1.29, 1.82) is 0 Å². The zero-order valence-electron chi connectivity index (χ0n) is 14.0. The van der Waals surface area contributed by atoms with E-state index in [1.165, 1.54) is 42.4 Å². The zero-order chi connectivity index (χ0) is 15.1. The van der Waals surface area contributed by atoms with Gasteiger partial charge in [-0.2, -0.15) is 0 Å². The average Bonchev–Trinajstić information content (AvgIpc) is 2.99. The first-order valence-electron chi connectivity index (χ1n) is 8.59. The highest BCUT2D eigenvalue weighted by molar-refractivity contribution is 5.33. The average molecular weight is 289 g/mol. The minimum atomic E-state index is 0.325. The van der Waals surface area contributed by atoms with Gasteiger partial charge in [-0.15, -0.1) is 0 Å². The molecule has 2 heteroatoms. The summed E-state index contributed by atoms with van der Waals surface area (Å²) < 4.78 is 6.06. The summed E-state index contributed by atoms with van der Waals surface area (Å²) in [6, 6.07) is 7.05. The molecule has 118 valence electrons. The van der Waals surface area contributed by atoms with E-state index in [2.05, 4.69) is 44.3 Å². The van der Waals surface area contributed by atoms with Crippen LogP contribution in [0, 0.1) is 19.8 Å². The third-order valence-corrected chi connectivity index (χ3v) is 4.56. The van der Waals surface area contributed by atoms with Crippen LogP contribution in [0.15, 0.2) is 18.2 Å². The van der Waals surface area contributed by atoms with E-state index in [4.69, 9.17) is 4.74 Å². The van der Waals surface area contributed by atoms with Crippen LogP contribution in [-0.2, 0) is 4.74 Å². The Morgan fingerprint density at radius 2 is 2.00 bits per heavy atom. The summed E-state index contributed by atoms with van der Waals surface area (Å²) in [5.41, 5.74) is 4.09. The molecule has 1 atom stereocenters. The molecule has 1 aliphatic rings. The quantitative estimate of drug-likeness (QED) is 0.758. The molecule has 2 rings (SSSR count). The SMILES string of the molecule is CCCNC(COCC1CCCC1)c1cc(C)ccc1C. The van der Waals surface area contributed by atoms with E-state index in [0.29, 0.717) is 6.04 Å². The molecule has 0 bridgehead atoms. The number of aryl methyl sites for hydroxylation is 2. The lowest BCUT2D eigenvalue weighted by Crippen LogP contribution is -2.28. The van der Waals surface area contributed by atoms with Crippen molar-refractivity contribution < 1.29 is 4.74 Å². The van der Waals surface area contributed by atoms with Gasteiger partial charge in [0.15, 0.2) is 0 Å². The predicted octanol–water partition coefficient (Wildman–Crippen LogP) is 4.55. The van der Waals surface area contributed by atoms with E-state index in [1.807, 2.05) is 0 Å². The van der Waals surface area contributed by atoms with Crippen LogP contribution in [0.2, 0.25) is 0 Å². The fourth-order valence-corrected chi connectivity index (χ4v) is 3.24. The Balaban J connectivity index is 1.94. The number of ether oxygens (including phenoxy) is 1. The Labute approximate surface area is 130 Å². The second kappa shape index (κ2) is 8.55. The predicted molar refractivity (Wildman–Crippen MR) is 89.7 cm³/mol. The summed E-state index contributed by atoms with van der Waals surface area (Å²) in [5, 5.41) is 3.65. The number of nitrogens with one attached hydrogen (secondary N) is 1. The minimum absolute atomic E-state index is 0.325. The summed E-state index contributed by atoms with van der Waals surface area (Å²) in [7, 11) is 0. The maximum Gasteiger partial charge on any atom is 0.0661 e. The fourth-order valence-electron chi connectivity index (χ4n) is 3.24. The molecule has 1 unspecified atom stereocenters. The molecule has 0 aliphatic heterocycles. The van der Waals surface area contributed by atoms with Crippen LogP contribution in [0.5, 0.6) is 0 Å². The summed E-state index contributed by atoms with van der Waals surface area (Å²) in [6.45, 7) is 9.36. The van der Waals surface area contributed by atoms with Crippen molar-refractivity contribution in [3.8, 4) is 0 Å². The molecule has 0 spiro atoms. The van der Waals surface area contributed by atoms with Crippen molar-refractivity contribution in [3.05, 3.63) is 34.9 Å². The molecule has 0 radical (unpaired) electrons. The molecule has 1 aromatic carbocycles. The molecule has 1 fully saturated rings. The first-order valence-corrected chi connectivity index (χ1v) is 8.59. The molecule has 0 amide bonds. The second-order valence-electron chi connectivity index (χ2n) is 6.55. The lowest BCUT2D eigenvalue weighted by molar-refractivity contribution is 0.0826. The lowest BCUT2D eigenvalue weighted by Gasteiger charge is -2.22. The Kier molecular flexibility index (Phi) is 6.72. The first-order chi connectivity index (χ1) is 10.2. The van der Waals surface area contributed by atoms with Gasteiger partial charge in [-0.25, -0.2) is 0 Å². The first kappa shape index (κ1) is 16.5. The standard InChI is InChI=1S/C19H31NO/c1-4-11-20-19(14-21-13-17-7-5-6-8-17)18-12-15(2)9-10-16(18)3/h9-10,12,17,19-20H,4-8,11,13-14H2,1-3H3. The monoisotopic (exact) mass is 289 g/mol. The Morgan fingerprint density at radius 1 is 1.24 bits per heavy atom. The van der Waals surface area contributed by atoms with E-state index in [9.17, 15) is 0 Å². The molecule has 1 saturated carbocycles. The van der Waals surface area contributed by atoms with Crippen LogP contribution in [-0.4, -0.2) is 19.8 Å². The topological polar surface area (TPSA) is 21.3 Å². The van der Waals surface area contributed by atoms with Gasteiger partial charge in [0.25, 0.3) is 0 Å². The van der Waals surface area contributed by atoms with Crippen LogP contribution < -0.4 is 5.32 Å². The minimum Gasteiger partial charge on any atom is -0.379 e. The number of rotatable bonds is 8. The largest absolute Gasteiger partial charge is 0.379 e. The van der Waals surface area contributed by atoms with Gasteiger partial charge in [-0.1, -0.05) is 43.5 Å². The maximum atomic E-state index is 6.06. The van der Waals surface area contributed by atoms with Gasteiger partial charge in [0, 0.05) is 6.61 Å². The molecule has 2 nitrogen and oxygen atoms in total. The van der Waals surface area contributed by atoms with E-state index in [1.54, 1.807) is 0 Å². The highest BCUT2D eigenvalue weighted by Crippen LogP contribution is 2.26. The third-order valence-electron chi connectivity index (χ3n) is 4.56. The molecule has 0 saturated heterocycles. The molecular formula is C19H31NO. The van der Waals surface area contributed by atoms with Crippen LogP contribution in [0.3, 0.4) is 0 Å². The van der Waals surface area contributed by atoms with E-state index >= 15 is 0 Å². The van der Waals surface area contributed by atoms with Gasteiger partial charge < -0.3 is 10.1 Å². The van der Waals surface area contributed by atoms with Crippen LogP contribution in [0.25, 0.3) is 0 Å². The normalized spacial score (nSPS) is 17.3. The van der Waals surface area contributed by atoms with Gasteiger partial charge in [-0.05, 0) is 56.7 Å². The van der Waals surface area contributed by atoms with Crippen LogP contribution in [0.1, 0.15) is 61.8 Å². The summed E-state index contributed by atoms with van der Waals surface area (Å²) in [6.07, 6.45) is 6.65. The fraction of sp³-hybridized carbons (Fsp3) is 0.684. The van der Waals surface area contributed by atoms with E-state index in [-0.39, 0.29) is 0 Å². The Morgan fingerprint density at radius 3 is 2.71 bits per heavy atom. The number of hydrogen-bond donors (Lipinski definition) is 1. The van der Waals surface area contributed by atoms with Crippen LogP contribution >= 0.6 is 0 Å². The van der Waals surface area contributed by atoms with Gasteiger partial charge in [0.05, 0.1) is 12.6 Å². The van der Waals surface area contributed by atoms with Gasteiger partial charge in [-0.3, -0.25) is 0 Å². The van der Waals surface area contributed by atoms with Crippen molar-refractivity contribution in [2.75, 3.05) is 19.8 Å². The van der Waals surface area contributed by atoms with Crippen molar-refractivity contribution in [3.63, 3.8) is 0 Å². The molecule has 0 heterocycles. The molecule has 21 heavy (non-hydrogen) atoms. The van der Waals surface area contributed by atoms with Crippen molar-refractivity contribution >= 4 is 0 Å². The summed E-state index contributed by atoms with van der Waals surface area (Å²) >= 11 is 0. The summed E-state index contributed by atoms with van der Waals surface area (Å²) in [4.78, 5) is 0.